The van der Waals surface area contributed by atoms with E-state index in [9.17, 15) is 0 Å². The molecule has 19 heavy (non-hydrogen) atoms. The average molecular weight is 310 g/mol. The summed E-state index contributed by atoms with van der Waals surface area (Å²) in [5.74, 6) is 0.985. The summed E-state index contributed by atoms with van der Waals surface area (Å²) in [5.41, 5.74) is 7.73. The Morgan fingerprint density at radius 2 is 2.00 bits per heavy atom. The fourth-order valence-corrected chi connectivity index (χ4v) is 3.28. The van der Waals surface area contributed by atoms with Crippen LogP contribution in [0, 0.1) is 6.92 Å². The molecule has 0 amide bonds. The van der Waals surface area contributed by atoms with E-state index in [4.69, 9.17) is 28.9 Å². The predicted octanol–water partition coefficient (Wildman–Crippen LogP) is 4.56. The first-order valence-electron chi connectivity index (χ1n) is 5.53. The highest BCUT2D eigenvalue weighted by molar-refractivity contribution is 7.13. The Bertz CT molecular complexity index is 783. The van der Waals surface area contributed by atoms with Gasteiger partial charge in [0, 0.05) is 10.4 Å². The SMILES string of the molecule is Cc1ccsc1-c1nc(N)c2cc(Cl)cc(Cl)c2n1. The van der Waals surface area contributed by atoms with E-state index < -0.39 is 0 Å². The fraction of sp³-hybridized carbons (Fsp3) is 0.0769. The van der Waals surface area contributed by atoms with Crippen molar-refractivity contribution in [2.45, 2.75) is 6.92 Å². The minimum Gasteiger partial charge on any atom is -0.383 e. The summed E-state index contributed by atoms with van der Waals surface area (Å²) in [6.07, 6.45) is 0. The third-order valence-corrected chi connectivity index (χ3v) is 4.33. The minimum atomic E-state index is 0.386. The molecule has 0 spiro atoms. The van der Waals surface area contributed by atoms with Crippen LogP contribution < -0.4 is 5.73 Å². The Morgan fingerprint density at radius 1 is 1.21 bits per heavy atom. The number of nitrogen functional groups attached to an aromatic ring is 1. The number of thiophene rings is 1. The number of aryl methyl sites for hydroxylation is 1. The van der Waals surface area contributed by atoms with Crippen molar-refractivity contribution in [3.05, 3.63) is 39.2 Å². The van der Waals surface area contributed by atoms with E-state index in [1.807, 2.05) is 18.4 Å². The Labute approximate surface area is 124 Å². The monoisotopic (exact) mass is 309 g/mol. The molecule has 0 unspecified atom stereocenters. The molecule has 0 aliphatic rings. The van der Waals surface area contributed by atoms with Crippen LogP contribution in [0.4, 0.5) is 5.82 Å². The molecule has 0 fully saturated rings. The zero-order valence-electron chi connectivity index (χ0n) is 9.95. The number of rotatable bonds is 1. The molecule has 2 heterocycles. The van der Waals surface area contributed by atoms with Gasteiger partial charge < -0.3 is 5.73 Å². The summed E-state index contributed by atoms with van der Waals surface area (Å²) in [6, 6.07) is 5.40. The summed E-state index contributed by atoms with van der Waals surface area (Å²) in [6.45, 7) is 2.01. The highest BCUT2D eigenvalue weighted by Gasteiger charge is 2.13. The van der Waals surface area contributed by atoms with E-state index in [1.165, 1.54) is 0 Å². The van der Waals surface area contributed by atoms with Crippen molar-refractivity contribution < 1.29 is 0 Å². The van der Waals surface area contributed by atoms with Gasteiger partial charge in [-0.25, -0.2) is 9.97 Å². The molecule has 0 bridgehead atoms. The van der Waals surface area contributed by atoms with Crippen LogP contribution in [0.5, 0.6) is 0 Å². The number of nitrogens with zero attached hydrogens (tertiary/aromatic N) is 2. The predicted molar refractivity (Wildman–Crippen MR) is 82.0 cm³/mol. The van der Waals surface area contributed by atoms with Crippen molar-refractivity contribution in [2.75, 3.05) is 5.73 Å². The molecule has 0 aliphatic carbocycles. The maximum Gasteiger partial charge on any atom is 0.172 e. The molecular formula is C13H9Cl2N3S. The number of nitrogens with two attached hydrogens (primary N) is 1. The lowest BCUT2D eigenvalue weighted by Gasteiger charge is -2.07. The third-order valence-electron chi connectivity index (χ3n) is 2.81. The standard InChI is InChI=1S/C13H9Cl2N3S/c1-6-2-3-19-11(6)13-17-10-8(12(16)18-13)4-7(14)5-9(10)15/h2-5H,1H3,(H2,16,17,18). The van der Waals surface area contributed by atoms with Crippen LogP contribution >= 0.6 is 34.5 Å². The lowest BCUT2D eigenvalue weighted by molar-refractivity contribution is 1.24. The van der Waals surface area contributed by atoms with Crippen LogP contribution in [0.15, 0.2) is 23.6 Å². The van der Waals surface area contributed by atoms with E-state index in [0.717, 1.165) is 10.4 Å². The van der Waals surface area contributed by atoms with Gasteiger partial charge in [0.15, 0.2) is 5.82 Å². The fourth-order valence-electron chi connectivity index (χ4n) is 1.88. The van der Waals surface area contributed by atoms with Gasteiger partial charge in [-0.2, -0.15) is 0 Å². The minimum absolute atomic E-state index is 0.386. The largest absolute Gasteiger partial charge is 0.383 e. The Balaban J connectivity index is 2.34. The molecule has 0 radical (unpaired) electrons. The van der Waals surface area contributed by atoms with Crippen molar-refractivity contribution >= 4 is 51.3 Å². The van der Waals surface area contributed by atoms with E-state index >= 15 is 0 Å². The van der Waals surface area contributed by atoms with Gasteiger partial charge in [-0.3, -0.25) is 0 Å². The smallest absolute Gasteiger partial charge is 0.172 e. The quantitative estimate of drug-likeness (QED) is 0.717. The molecule has 0 atom stereocenters. The number of anilines is 1. The molecule has 0 saturated heterocycles. The van der Waals surface area contributed by atoms with Crippen LogP contribution in [-0.4, -0.2) is 9.97 Å². The molecule has 2 aromatic heterocycles. The number of benzene rings is 1. The van der Waals surface area contributed by atoms with Gasteiger partial charge in [0.2, 0.25) is 0 Å². The molecule has 0 aliphatic heterocycles. The molecule has 3 rings (SSSR count). The second kappa shape index (κ2) is 4.63. The number of hydrogen-bond acceptors (Lipinski definition) is 4. The summed E-state index contributed by atoms with van der Waals surface area (Å²) >= 11 is 13.7. The third kappa shape index (κ3) is 2.16. The van der Waals surface area contributed by atoms with Crippen LogP contribution in [0.3, 0.4) is 0 Å². The van der Waals surface area contributed by atoms with Crippen molar-refractivity contribution in [3.8, 4) is 10.7 Å². The van der Waals surface area contributed by atoms with E-state index in [1.54, 1.807) is 23.5 Å². The first-order chi connectivity index (χ1) is 9.06. The summed E-state index contributed by atoms with van der Waals surface area (Å²) < 4.78 is 0. The first-order valence-corrected chi connectivity index (χ1v) is 7.16. The first kappa shape index (κ1) is 12.7. The maximum absolute atomic E-state index is 6.18. The number of halogens is 2. The van der Waals surface area contributed by atoms with E-state index in [2.05, 4.69) is 9.97 Å². The molecule has 0 saturated carbocycles. The van der Waals surface area contributed by atoms with Crippen molar-refractivity contribution in [2.24, 2.45) is 0 Å². The van der Waals surface area contributed by atoms with Gasteiger partial charge in [-0.15, -0.1) is 11.3 Å². The molecule has 6 heteroatoms. The van der Waals surface area contributed by atoms with Crippen LogP contribution in [0.25, 0.3) is 21.6 Å². The Morgan fingerprint density at radius 3 is 2.68 bits per heavy atom. The van der Waals surface area contributed by atoms with E-state index in [-0.39, 0.29) is 0 Å². The highest BCUT2D eigenvalue weighted by Crippen LogP contribution is 2.33. The highest BCUT2D eigenvalue weighted by atomic mass is 35.5. The number of aromatic nitrogens is 2. The summed E-state index contributed by atoms with van der Waals surface area (Å²) in [5, 5.41) is 3.67. The molecule has 2 N–H and O–H groups in total. The van der Waals surface area contributed by atoms with Crippen LogP contribution in [0.1, 0.15) is 5.56 Å². The molecule has 1 aromatic carbocycles. The van der Waals surface area contributed by atoms with Gasteiger partial charge >= 0.3 is 0 Å². The average Bonchev–Trinajstić information content (AvgIpc) is 2.76. The zero-order chi connectivity index (χ0) is 13.6. The lowest BCUT2D eigenvalue weighted by atomic mass is 10.2. The van der Waals surface area contributed by atoms with E-state index in [0.29, 0.717) is 32.6 Å². The van der Waals surface area contributed by atoms with Gasteiger partial charge in [0.05, 0.1) is 15.4 Å². The Hall–Kier alpha value is -1.36. The summed E-state index contributed by atoms with van der Waals surface area (Å²) in [7, 11) is 0. The second-order valence-electron chi connectivity index (χ2n) is 4.15. The van der Waals surface area contributed by atoms with Crippen molar-refractivity contribution in [3.63, 3.8) is 0 Å². The van der Waals surface area contributed by atoms with Crippen molar-refractivity contribution in [1.29, 1.82) is 0 Å². The van der Waals surface area contributed by atoms with Gasteiger partial charge in [0.25, 0.3) is 0 Å². The molecule has 3 aromatic rings. The number of hydrogen-bond donors (Lipinski definition) is 1. The molecule has 3 nitrogen and oxygen atoms in total. The topological polar surface area (TPSA) is 51.8 Å². The van der Waals surface area contributed by atoms with Crippen molar-refractivity contribution in [1.82, 2.24) is 9.97 Å². The van der Waals surface area contributed by atoms with Crippen LogP contribution in [0.2, 0.25) is 10.0 Å². The van der Waals surface area contributed by atoms with Crippen LogP contribution in [-0.2, 0) is 0 Å². The number of fused-ring (bicyclic) bond motifs is 1. The maximum atomic E-state index is 6.18. The zero-order valence-corrected chi connectivity index (χ0v) is 12.3. The Kier molecular flexibility index (Phi) is 3.09. The van der Waals surface area contributed by atoms with Gasteiger partial charge in [-0.1, -0.05) is 23.2 Å². The lowest BCUT2D eigenvalue weighted by Crippen LogP contribution is -1.98. The van der Waals surface area contributed by atoms with Gasteiger partial charge in [0.1, 0.15) is 5.82 Å². The second-order valence-corrected chi connectivity index (χ2v) is 5.91. The summed E-state index contributed by atoms with van der Waals surface area (Å²) in [4.78, 5) is 9.86. The van der Waals surface area contributed by atoms with Gasteiger partial charge in [-0.05, 0) is 36.1 Å². The normalized spacial score (nSPS) is 11.1. The molecular weight excluding hydrogens is 301 g/mol. The molecule has 96 valence electrons.